The summed E-state index contributed by atoms with van der Waals surface area (Å²) in [5, 5.41) is 23.6. The number of ketones is 1. The highest BCUT2D eigenvalue weighted by molar-refractivity contribution is 6.08. The highest BCUT2D eigenvalue weighted by atomic mass is 16.3. The van der Waals surface area contributed by atoms with Crippen LogP contribution in [-0.4, -0.2) is 70.3 Å². The van der Waals surface area contributed by atoms with Gasteiger partial charge in [0.25, 0.3) is 0 Å². The Morgan fingerprint density at radius 1 is 0.977 bits per heavy atom. The zero-order valence-electron chi connectivity index (χ0n) is 25.5. The van der Waals surface area contributed by atoms with Crippen LogP contribution in [0.4, 0.5) is 5.82 Å². The molecular formula is C36H45N3O4. The van der Waals surface area contributed by atoms with Gasteiger partial charge in [-0.05, 0) is 86.5 Å². The molecule has 7 aliphatic rings. The number of anilines is 1. The predicted octanol–water partition coefficient (Wildman–Crippen LogP) is 5.27. The van der Waals surface area contributed by atoms with Crippen molar-refractivity contribution in [3.8, 4) is 0 Å². The summed E-state index contributed by atoms with van der Waals surface area (Å²) in [6, 6.07) is 9.64. The van der Waals surface area contributed by atoms with Gasteiger partial charge < -0.3 is 19.5 Å². The largest absolute Gasteiger partial charge is 0.461 e. The van der Waals surface area contributed by atoms with Gasteiger partial charge in [0.2, 0.25) is 5.78 Å². The molecule has 4 fully saturated rings. The molecule has 7 heteroatoms. The highest BCUT2D eigenvalue weighted by Gasteiger charge is 2.74. The van der Waals surface area contributed by atoms with Crippen LogP contribution >= 0.6 is 0 Å². The summed E-state index contributed by atoms with van der Waals surface area (Å²) in [5.41, 5.74) is -1.10. The maximum Gasteiger partial charge on any atom is 0.224 e. The predicted molar refractivity (Wildman–Crippen MR) is 164 cm³/mol. The molecule has 2 aromatic heterocycles. The molecule has 3 heterocycles. The fourth-order valence-electron chi connectivity index (χ4n) is 11.2. The van der Waals surface area contributed by atoms with Crippen LogP contribution in [0.1, 0.15) is 69.3 Å². The van der Waals surface area contributed by atoms with Crippen molar-refractivity contribution in [1.29, 1.82) is 0 Å². The Labute approximate surface area is 254 Å². The molecule has 8 unspecified atom stereocenters. The van der Waals surface area contributed by atoms with Crippen LogP contribution in [0.2, 0.25) is 0 Å². The van der Waals surface area contributed by atoms with Gasteiger partial charge in [-0.25, -0.2) is 4.98 Å². The maximum absolute atomic E-state index is 14.3. The average molecular weight is 584 g/mol. The molecule has 6 aliphatic carbocycles. The molecule has 9 rings (SSSR count). The maximum atomic E-state index is 14.3. The molecule has 7 nitrogen and oxygen atoms in total. The van der Waals surface area contributed by atoms with Crippen molar-refractivity contribution in [3.05, 3.63) is 72.4 Å². The first-order valence-corrected chi connectivity index (χ1v) is 16.4. The Bertz CT molecular complexity index is 1460. The number of β-amino-alcohol motifs (C(OH)–C–C–N with tert-alkyl or cyclic N) is 1. The molecule has 0 aromatic carbocycles. The van der Waals surface area contributed by atoms with Gasteiger partial charge in [0.1, 0.15) is 5.82 Å². The van der Waals surface area contributed by atoms with Crippen molar-refractivity contribution in [2.75, 3.05) is 37.6 Å². The number of allylic oxidation sites excluding steroid dienone is 4. The van der Waals surface area contributed by atoms with Crippen LogP contribution < -0.4 is 4.90 Å². The van der Waals surface area contributed by atoms with Gasteiger partial charge in [0.15, 0.2) is 5.76 Å². The van der Waals surface area contributed by atoms with E-state index in [2.05, 4.69) is 52.9 Å². The normalized spacial score (nSPS) is 43.6. The lowest BCUT2D eigenvalue weighted by molar-refractivity contribution is -0.176. The Morgan fingerprint density at radius 2 is 1.74 bits per heavy atom. The quantitative estimate of drug-likeness (QED) is 0.366. The molecule has 0 amide bonds. The summed E-state index contributed by atoms with van der Waals surface area (Å²) in [6.45, 7) is 9.02. The zero-order valence-corrected chi connectivity index (χ0v) is 25.5. The summed E-state index contributed by atoms with van der Waals surface area (Å²) in [4.78, 5) is 23.7. The van der Waals surface area contributed by atoms with Crippen molar-refractivity contribution >= 4 is 11.6 Å². The second kappa shape index (κ2) is 9.38. The van der Waals surface area contributed by atoms with E-state index in [1.165, 1.54) is 0 Å². The molecule has 228 valence electrons. The fourth-order valence-corrected chi connectivity index (χ4v) is 11.2. The van der Waals surface area contributed by atoms with E-state index in [9.17, 15) is 15.0 Å². The Morgan fingerprint density at radius 3 is 2.49 bits per heavy atom. The first-order valence-electron chi connectivity index (χ1n) is 16.4. The molecule has 1 saturated heterocycles. The molecule has 2 N–H and O–H groups in total. The molecule has 2 spiro atoms. The molecule has 43 heavy (non-hydrogen) atoms. The van der Waals surface area contributed by atoms with Gasteiger partial charge >= 0.3 is 0 Å². The molecule has 8 atom stereocenters. The summed E-state index contributed by atoms with van der Waals surface area (Å²) >= 11 is 0. The lowest BCUT2D eigenvalue weighted by Crippen LogP contribution is -2.67. The molecule has 0 radical (unpaired) electrons. The number of aliphatic hydroxyl groups is 2. The van der Waals surface area contributed by atoms with Gasteiger partial charge in [0, 0.05) is 60.7 Å². The minimum Gasteiger partial charge on any atom is -0.461 e. The molecule has 2 bridgehead atoms. The van der Waals surface area contributed by atoms with Gasteiger partial charge in [-0.2, -0.15) is 0 Å². The smallest absolute Gasteiger partial charge is 0.224 e. The number of pyridine rings is 1. The minimum atomic E-state index is -0.827. The molecule has 2 aromatic rings. The average Bonchev–Trinajstić information content (AvgIpc) is 3.64. The number of fused-ring (bicyclic) bond motifs is 1. The van der Waals surface area contributed by atoms with Crippen LogP contribution in [0, 0.1) is 33.5 Å². The van der Waals surface area contributed by atoms with E-state index < -0.39 is 11.0 Å². The summed E-state index contributed by atoms with van der Waals surface area (Å²) in [5.74, 6) is 1.83. The number of hydrogen-bond acceptors (Lipinski definition) is 7. The van der Waals surface area contributed by atoms with Gasteiger partial charge in [-0.15, -0.1) is 0 Å². The summed E-state index contributed by atoms with van der Waals surface area (Å²) in [7, 11) is 0. The van der Waals surface area contributed by atoms with E-state index >= 15 is 0 Å². The van der Waals surface area contributed by atoms with E-state index in [1.54, 1.807) is 18.4 Å². The number of hydrogen-bond donors (Lipinski definition) is 2. The van der Waals surface area contributed by atoms with Crippen molar-refractivity contribution in [2.45, 2.75) is 70.5 Å². The second-order valence-corrected chi connectivity index (χ2v) is 15.1. The third kappa shape index (κ3) is 3.65. The number of Topliss-reactive ketones (excluding diaryl/α,β-unsaturated/α-hetero) is 1. The van der Waals surface area contributed by atoms with Crippen LogP contribution in [0.25, 0.3) is 0 Å². The zero-order chi connectivity index (χ0) is 29.7. The topological polar surface area (TPSA) is 90.0 Å². The number of rotatable bonds is 5. The number of aliphatic hydroxyl groups excluding tert-OH is 1. The standard InChI is InChI=1S/C36H45N3O4/c1-32-11-8-25(40)22-34(32)14-15-36(26(23-34)31(41)27-6-5-21-43-27)28(32)9-12-33(2)29(36)10-13-35(33,42)24-38-17-19-39(20-18-38)30-7-3-4-16-37-30/h3-7,14-16,21,23,25,28-29,40,42H,8-13,17-20,22,24H2,1-2H3. The van der Waals surface area contributed by atoms with Crippen molar-refractivity contribution in [3.63, 3.8) is 0 Å². The van der Waals surface area contributed by atoms with E-state index in [0.29, 0.717) is 24.6 Å². The van der Waals surface area contributed by atoms with Crippen molar-refractivity contribution < 1.29 is 19.4 Å². The van der Waals surface area contributed by atoms with E-state index in [4.69, 9.17) is 4.42 Å². The first-order chi connectivity index (χ1) is 20.6. The summed E-state index contributed by atoms with van der Waals surface area (Å²) in [6.07, 6.45) is 16.1. The Balaban J connectivity index is 1.13. The lowest BCUT2D eigenvalue weighted by atomic mass is 9.32. The van der Waals surface area contributed by atoms with E-state index in [1.807, 2.05) is 18.3 Å². The van der Waals surface area contributed by atoms with Crippen molar-refractivity contribution in [1.82, 2.24) is 9.88 Å². The van der Waals surface area contributed by atoms with Crippen LogP contribution in [0.15, 0.2) is 71.0 Å². The molecular weight excluding hydrogens is 538 g/mol. The third-order valence-electron chi connectivity index (χ3n) is 13.5. The third-order valence-corrected chi connectivity index (χ3v) is 13.5. The number of piperazine rings is 1. The van der Waals surface area contributed by atoms with Crippen LogP contribution in [0.3, 0.4) is 0 Å². The number of furan rings is 1. The SMILES string of the molecule is CC12CCC(O)CC13C=CC1(C(C(=O)c4ccco4)=C3)C2CCC2(C)C1CCC2(O)CN1CCN(c2ccccn2)CC1. The van der Waals surface area contributed by atoms with Gasteiger partial charge in [-0.1, -0.05) is 38.1 Å². The summed E-state index contributed by atoms with van der Waals surface area (Å²) < 4.78 is 5.70. The number of carbonyl (C=O) groups is 1. The minimum absolute atomic E-state index is 0.0221. The van der Waals surface area contributed by atoms with Gasteiger partial charge in [0.05, 0.1) is 18.0 Å². The van der Waals surface area contributed by atoms with E-state index in [0.717, 1.165) is 76.1 Å². The monoisotopic (exact) mass is 583 g/mol. The Kier molecular flexibility index (Phi) is 6.06. The van der Waals surface area contributed by atoms with Crippen LogP contribution in [-0.2, 0) is 0 Å². The Hall–Kier alpha value is -2.74. The molecule has 3 saturated carbocycles. The van der Waals surface area contributed by atoms with Crippen molar-refractivity contribution in [2.24, 2.45) is 33.5 Å². The number of aromatic nitrogens is 1. The lowest BCUT2D eigenvalue weighted by Gasteiger charge is -2.71. The highest BCUT2D eigenvalue weighted by Crippen LogP contribution is 2.78. The van der Waals surface area contributed by atoms with Gasteiger partial charge in [-0.3, -0.25) is 9.69 Å². The number of carbonyl (C=O) groups excluding carboxylic acids is 1. The fraction of sp³-hybridized carbons (Fsp3) is 0.611. The second-order valence-electron chi connectivity index (χ2n) is 15.1. The van der Waals surface area contributed by atoms with Crippen LogP contribution in [0.5, 0.6) is 0 Å². The first kappa shape index (κ1) is 27.8. The molecule has 1 aliphatic heterocycles. The number of nitrogens with zero attached hydrogens (tertiary/aromatic N) is 3. The van der Waals surface area contributed by atoms with E-state index in [-0.39, 0.29) is 34.1 Å².